The predicted octanol–water partition coefficient (Wildman–Crippen LogP) is 3.64. The van der Waals surface area contributed by atoms with Gasteiger partial charge in [0.25, 0.3) is 0 Å². The van der Waals surface area contributed by atoms with Gasteiger partial charge in [-0.25, -0.2) is 4.98 Å². The number of hydrogen-bond acceptors (Lipinski definition) is 4. The van der Waals surface area contributed by atoms with E-state index in [1.54, 1.807) is 11.3 Å². The molecule has 16 heavy (non-hydrogen) atoms. The second-order valence-corrected chi connectivity index (χ2v) is 4.68. The van der Waals surface area contributed by atoms with Crippen LogP contribution in [0, 0.1) is 0 Å². The second-order valence-electron chi connectivity index (χ2n) is 3.25. The van der Waals surface area contributed by atoms with Crippen LogP contribution in [0.15, 0.2) is 30.5 Å². The summed E-state index contributed by atoms with van der Waals surface area (Å²) in [5, 5.41) is 1.02. The van der Waals surface area contributed by atoms with Crippen molar-refractivity contribution in [1.82, 2.24) is 4.98 Å². The molecule has 2 rings (SSSR count). The lowest BCUT2D eigenvalue weighted by Crippen LogP contribution is -1.90. The predicted molar refractivity (Wildman–Crippen MR) is 71.4 cm³/mol. The molecule has 0 bridgehead atoms. The van der Waals surface area contributed by atoms with Crippen LogP contribution in [0.2, 0.25) is 0 Å². The Morgan fingerprint density at radius 3 is 3.00 bits per heavy atom. The monoisotopic (exact) mass is 251 g/mol. The molecule has 0 amide bonds. The highest BCUT2D eigenvalue weighted by atomic mass is 32.1. The molecule has 4 heteroatoms. The van der Waals surface area contributed by atoms with Crippen molar-refractivity contribution in [2.75, 3.05) is 6.61 Å². The summed E-state index contributed by atoms with van der Waals surface area (Å²) in [6, 6.07) is 8.01. The van der Waals surface area contributed by atoms with Crippen LogP contribution >= 0.6 is 24.0 Å². The molecular formula is C12H13NOS2. The van der Waals surface area contributed by atoms with Crippen LogP contribution in [0.25, 0.3) is 10.6 Å². The van der Waals surface area contributed by atoms with Gasteiger partial charge in [-0.3, -0.25) is 0 Å². The van der Waals surface area contributed by atoms with Gasteiger partial charge in [0.1, 0.15) is 10.8 Å². The summed E-state index contributed by atoms with van der Waals surface area (Å²) in [7, 11) is 0. The van der Waals surface area contributed by atoms with Gasteiger partial charge in [0.2, 0.25) is 0 Å². The number of aromatic nitrogens is 1. The number of hydrogen-bond donors (Lipinski definition) is 1. The first-order chi connectivity index (χ1) is 7.83. The van der Waals surface area contributed by atoms with Crippen molar-refractivity contribution in [1.29, 1.82) is 0 Å². The molecule has 0 radical (unpaired) electrons. The van der Waals surface area contributed by atoms with Gasteiger partial charge in [0, 0.05) is 22.4 Å². The second kappa shape index (κ2) is 5.37. The number of thiol groups is 1. The molecule has 1 aromatic carbocycles. The molecule has 0 spiro atoms. The minimum absolute atomic E-state index is 0.684. The van der Waals surface area contributed by atoms with Crippen molar-refractivity contribution in [3.63, 3.8) is 0 Å². The average molecular weight is 251 g/mol. The summed E-state index contributed by atoms with van der Waals surface area (Å²) < 4.78 is 5.46. The van der Waals surface area contributed by atoms with E-state index in [1.165, 1.54) is 4.88 Å². The van der Waals surface area contributed by atoms with Gasteiger partial charge in [-0.15, -0.1) is 11.3 Å². The molecule has 0 unspecified atom stereocenters. The highest BCUT2D eigenvalue weighted by Crippen LogP contribution is 2.28. The van der Waals surface area contributed by atoms with Crippen molar-refractivity contribution in [2.45, 2.75) is 12.7 Å². The van der Waals surface area contributed by atoms with E-state index < -0.39 is 0 Å². The van der Waals surface area contributed by atoms with E-state index in [0.29, 0.717) is 6.61 Å². The summed E-state index contributed by atoms with van der Waals surface area (Å²) in [6.07, 6.45) is 1.88. The molecular weight excluding hydrogens is 238 g/mol. The van der Waals surface area contributed by atoms with Gasteiger partial charge in [-0.05, 0) is 19.1 Å². The maximum absolute atomic E-state index is 5.46. The molecule has 0 N–H and O–H groups in total. The standard InChI is InChI=1S/C12H13NOS2/c1-2-14-10-5-3-4-9(6-10)12-13-7-11(8-15)16-12/h3-7,15H,2,8H2,1H3. The first-order valence-electron chi connectivity index (χ1n) is 5.12. The van der Waals surface area contributed by atoms with E-state index in [2.05, 4.69) is 17.6 Å². The fraction of sp³-hybridized carbons (Fsp3) is 0.250. The van der Waals surface area contributed by atoms with Gasteiger partial charge < -0.3 is 4.74 Å². The van der Waals surface area contributed by atoms with E-state index in [1.807, 2.05) is 37.4 Å². The molecule has 84 valence electrons. The zero-order valence-electron chi connectivity index (χ0n) is 9.01. The van der Waals surface area contributed by atoms with Gasteiger partial charge in [0.15, 0.2) is 0 Å². The third-order valence-corrected chi connectivity index (χ3v) is 3.70. The average Bonchev–Trinajstić information content (AvgIpc) is 2.78. The largest absolute Gasteiger partial charge is 0.494 e. The van der Waals surface area contributed by atoms with E-state index in [9.17, 15) is 0 Å². The molecule has 0 fully saturated rings. The highest BCUT2D eigenvalue weighted by Gasteiger charge is 2.04. The summed E-state index contributed by atoms with van der Waals surface area (Å²) in [6.45, 7) is 2.66. The number of thiazole rings is 1. The fourth-order valence-electron chi connectivity index (χ4n) is 1.40. The van der Waals surface area contributed by atoms with Gasteiger partial charge in [-0.1, -0.05) is 12.1 Å². The van der Waals surface area contributed by atoms with Crippen LogP contribution in [0.4, 0.5) is 0 Å². The number of rotatable bonds is 4. The Morgan fingerprint density at radius 1 is 1.44 bits per heavy atom. The van der Waals surface area contributed by atoms with Crippen LogP contribution in [0.5, 0.6) is 5.75 Å². The molecule has 1 heterocycles. The van der Waals surface area contributed by atoms with Crippen molar-refractivity contribution in [3.8, 4) is 16.3 Å². The molecule has 2 aromatic rings. The number of nitrogens with zero attached hydrogens (tertiary/aromatic N) is 1. The van der Waals surface area contributed by atoms with Crippen LogP contribution in [-0.2, 0) is 5.75 Å². The topological polar surface area (TPSA) is 22.1 Å². The lowest BCUT2D eigenvalue weighted by atomic mass is 10.2. The summed E-state index contributed by atoms with van der Waals surface area (Å²) >= 11 is 5.91. The Morgan fingerprint density at radius 2 is 2.31 bits per heavy atom. The van der Waals surface area contributed by atoms with Crippen LogP contribution in [0.1, 0.15) is 11.8 Å². The Hall–Kier alpha value is -1.000. The molecule has 0 aliphatic carbocycles. The maximum atomic E-state index is 5.46. The smallest absolute Gasteiger partial charge is 0.123 e. The third-order valence-electron chi connectivity index (χ3n) is 2.10. The molecule has 0 saturated heterocycles. The first kappa shape index (κ1) is 11.5. The van der Waals surface area contributed by atoms with Crippen LogP contribution in [-0.4, -0.2) is 11.6 Å². The van der Waals surface area contributed by atoms with Gasteiger partial charge >= 0.3 is 0 Å². The van der Waals surface area contributed by atoms with Crippen molar-refractivity contribution < 1.29 is 4.74 Å². The Labute approximate surface area is 105 Å². The number of benzene rings is 1. The Kier molecular flexibility index (Phi) is 3.85. The highest BCUT2D eigenvalue weighted by molar-refractivity contribution is 7.79. The molecule has 0 saturated carbocycles. The van der Waals surface area contributed by atoms with Gasteiger partial charge in [0.05, 0.1) is 6.61 Å². The SMILES string of the molecule is CCOc1cccc(-c2ncc(CS)s2)c1. The minimum Gasteiger partial charge on any atom is -0.494 e. The van der Waals surface area contributed by atoms with Crippen LogP contribution < -0.4 is 4.74 Å². The van der Waals surface area contributed by atoms with Crippen molar-refractivity contribution in [2.24, 2.45) is 0 Å². The zero-order valence-corrected chi connectivity index (χ0v) is 10.7. The van der Waals surface area contributed by atoms with E-state index in [0.717, 1.165) is 22.1 Å². The molecule has 0 aliphatic rings. The third kappa shape index (κ3) is 2.57. The van der Waals surface area contributed by atoms with Crippen molar-refractivity contribution >= 4 is 24.0 Å². The minimum atomic E-state index is 0.684. The molecule has 0 atom stereocenters. The summed E-state index contributed by atoms with van der Waals surface area (Å²) in [4.78, 5) is 5.55. The Bertz CT molecular complexity index is 468. The Balaban J connectivity index is 2.28. The van der Waals surface area contributed by atoms with E-state index in [4.69, 9.17) is 4.74 Å². The van der Waals surface area contributed by atoms with Crippen LogP contribution in [0.3, 0.4) is 0 Å². The molecule has 2 nitrogen and oxygen atoms in total. The summed E-state index contributed by atoms with van der Waals surface area (Å²) in [5.74, 6) is 1.63. The molecule has 0 aliphatic heterocycles. The van der Waals surface area contributed by atoms with E-state index >= 15 is 0 Å². The van der Waals surface area contributed by atoms with Crippen molar-refractivity contribution in [3.05, 3.63) is 35.3 Å². The van der Waals surface area contributed by atoms with E-state index in [-0.39, 0.29) is 0 Å². The normalized spacial score (nSPS) is 10.4. The van der Waals surface area contributed by atoms with Gasteiger partial charge in [-0.2, -0.15) is 12.6 Å². The zero-order chi connectivity index (χ0) is 11.4. The molecule has 1 aromatic heterocycles. The fourth-order valence-corrected chi connectivity index (χ4v) is 2.44. The lowest BCUT2D eigenvalue weighted by molar-refractivity contribution is 0.340. The first-order valence-corrected chi connectivity index (χ1v) is 6.57. The lowest BCUT2D eigenvalue weighted by Gasteiger charge is -2.03. The summed E-state index contributed by atoms with van der Waals surface area (Å²) in [5.41, 5.74) is 1.10. The maximum Gasteiger partial charge on any atom is 0.123 e. The quantitative estimate of drug-likeness (QED) is 0.838. The number of ether oxygens (including phenoxy) is 1.